The fourth-order valence-electron chi connectivity index (χ4n) is 3.79. The number of nitrogens with two attached hydrogens (primary N) is 1. The second-order valence-corrected chi connectivity index (χ2v) is 6.40. The molecule has 0 saturated heterocycles. The van der Waals surface area contributed by atoms with E-state index in [1.54, 1.807) is 0 Å². The molecule has 0 bridgehead atoms. The van der Waals surface area contributed by atoms with E-state index in [0.717, 1.165) is 23.6 Å². The normalized spacial score (nSPS) is 26.8. The van der Waals surface area contributed by atoms with E-state index in [1.807, 2.05) is 34.9 Å². The molecule has 3 nitrogen and oxygen atoms in total. The van der Waals surface area contributed by atoms with Crippen LogP contribution in [0.3, 0.4) is 0 Å². The van der Waals surface area contributed by atoms with E-state index in [1.165, 1.54) is 6.42 Å². The Morgan fingerprint density at radius 1 is 1.10 bits per heavy atom. The zero-order valence-electron chi connectivity index (χ0n) is 12.2. The van der Waals surface area contributed by atoms with Gasteiger partial charge in [-0.1, -0.05) is 32.0 Å². The van der Waals surface area contributed by atoms with Gasteiger partial charge in [0.25, 0.3) is 5.56 Å². The Kier molecular flexibility index (Phi) is 3.28. The molecule has 0 aliphatic heterocycles. The van der Waals surface area contributed by atoms with Crippen molar-refractivity contribution in [3.63, 3.8) is 0 Å². The Balaban J connectivity index is 2.13. The lowest BCUT2D eigenvalue weighted by Gasteiger charge is -2.33. The fourth-order valence-corrected chi connectivity index (χ4v) is 3.79. The number of rotatable bonds is 1. The molecule has 1 saturated carbocycles. The molecule has 1 aliphatic carbocycles. The summed E-state index contributed by atoms with van der Waals surface area (Å²) in [5, 5.41) is 1.70. The summed E-state index contributed by atoms with van der Waals surface area (Å²) < 4.78 is 1.83. The molecule has 2 N–H and O–H groups in total. The number of nitrogens with zero attached hydrogens (tertiary/aromatic N) is 1. The van der Waals surface area contributed by atoms with E-state index in [9.17, 15) is 4.79 Å². The molecule has 0 amide bonds. The van der Waals surface area contributed by atoms with E-state index in [4.69, 9.17) is 5.73 Å². The second kappa shape index (κ2) is 4.97. The monoisotopic (exact) mass is 270 g/mol. The molecule has 20 heavy (non-hydrogen) atoms. The summed E-state index contributed by atoms with van der Waals surface area (Å²) in [4.78, 5) is 12.7. The SMILES string of the molecule is CC1CC(C)CC(n2c(N)cc3ccccc3c2=O)C1. The lowest BCUT2D eigenvalue weighted by atomic mass is 9.80. The van der Waals surface area contributed by atoms with Gasteiger partial charge >= 0.3 is 0 Å². The first-order valence-electron chi connectivity index (χ1n) is 7.46. The maximum Gasteiger partial charge on any atom is 0.260 e. The smallest absolute Gasteiger partial charge is 0.260 e. The summed E-state index contributed by atoms with van der Waals surface area (Å²) in [6.45, 7) is 4.54. The Morgan fingerprint density at radius 3 is 2.45 bits per heavy atom. The number of pyridine rings is 1. The van der Waals surface area contributed by atoms with Crippen LogP contribution in [0.4, 0.5) is 5.82 Å². The quantitative estimate of drug-likeness (QED) is 0.861. The minimum Gasteiger partial charge on any atom is -0.385 e. The van der Waals surface area contributed by atoms with E-state index in [-0.39, 0.29) is 11.6 Å². The topological polar surface area (TPSA) is 48.0 Å². The molecule has 2 atom stereocenters. The van der Waals surface area contributed by atoms with Gasteiger partial charge in [-0.15, -0.1) is 0 Å². The third-order valence-electron chi connectivity index (χ3n) is 4.51. The zero-order valence-corrected chi connectivity index (χ0v) is 12.2. The molecular weight excluding hydrogens is 248 g/mol. The largest absolute Gasteiger partial charge is 0.385 e. The first-order valence-corrected chi connectivity index (χ1v) is 7.46. The summed E-state index contributed by atoms with van der Waals surface area (Å²) in [7, 11) is 0. The van der Waals surface area contributed by atoms with Gasteiger partial charge < -0.3 is 5.73 Å². The molecule has 3 rings (SSSR count). The number of fused-ring (bicyclic) bond motifs is 1. The summed E-state index contributed by atoms with van der Waals surface area (Å²) in [5.41, 5.74) is 6.23. The predicted octanol–water partition coefficient (Wildman–Crippen LogP) is 3.58. The van der Waals surface area contributed by atoms with Gasteiger partial charge in [-0.05, 0) is 48.6 Å². The molecule has 1 aromatic carbocycles. The first kappa shape index (κ1) is 13.2. The maximum atomic E-state index is 12.7. The van der Waals surface area contributed by atoms with Gasteiger partial charge in [-0.2, -0.15) is 0 Å². The van der Waals surface area contributed by atoms with E-state index >= 15 is 0 Å². The maximum absolute atomic E-state index is 12.7. The first-order chi connectivity index (χ1) is 9.56. The Bertz CT molecular complexity index is 679. The van der Waals surface area contributed by atoms with Crippen LogP contribution in [0.2, 0.25) is 0 Å². The highest BCUT2D eigenvalue weighted by molar-refractivity contribution is 5.83. The van der Waals surface area contributed by atoms with Crippen LogP contribution in [-0.2, 0) is 0 Å². The molecule has 1 fully saturated rings. The van der Waals surface area contributed by atoms with Crippen molar-refractivity contribution in [2.24, 2.45) is 11.8 Å². The summed E-state index contributed by atoms with van der Waals surface area (Å²) in [5.74, 6) is 1.91. The van der Waals surface area contributed by atoms with E-state index in [2.05, 4.69) is 13.8 Å². The van der Waals surface area contributed by atoms with Crippen molar-refractivity contribution in [1.29, 1.82) is 0 Å². The van der Waals surface area contributed by atoms with Crippen LogP contribution >= 0.6 is 0 Å². The lowest BCUT2D eigenvalue weighted by molar-refractivity contribution is 0.220. The standard InChI is InChI=1S/C17H22N2O/c1-11-7-12(2)9-14(8-11)19-16(18)10-13-5-3-4-6-15(13)17(19)20/h3-6,10-12,14H,7-9,18H2,1-2H3. The second-order valence-electron chi connectivity index (χ2n) is 6.40. The van der Waals surface area contributed by atoms with E-state index in [0.29, 0.717) is 17.7 Å². The molecule has 1 aliphatic rings. The van der Waals surface area contributed by atoms with Gasteiger partial charge in [-0.3, -0.25) is 9.36 Å². The summed E-state index contributed by atoms with van der Waals surface area (Å²) in [6, 6.07) is 9.87. The third-order valence-corrected chi connectivity index (χ3v) is 4.51. The average molecular weight is 270 g/mol. The lowest BCUT2D eigenvalue weighted by Crippen LogP contribution is -2.32. The van der Waals surface area contributed by atoms with Crippen LogP contribution in [0.1, 0.15) is 39.2 Å². The van der Waals surface area contributed by atoms with Crippen molar-refractivity contribution in [3.8, 4) is 0 Å². The molecule has 0 spiro atoms. The van der Waals surface area contributed by atoms with Gasteiger partial charge in [0.15, 0.2) is 0 Å². The summed E-state index contributed by atoms with van der Waals surface area (Å²) >= 11 is 0. The molecule has 0 radical (unpaired) electrons. The van der Waals surface area contributed by atoms with Crippen molar-refractivity contribution in [2.45, 2.75) is 39.2 Å². The minimum atomic E-state index is 0.0619. The van der Waals surface area contributed by atoms with Gasteiger partial charge in [-0.25, -0.2) is 0 Å². The van der Waals surface area contributed by atoms with Crippen LogP contribution in [0.5, 0.6) is 0 Å². The zero-order chi connectivity index (χ0) is 14.3. The van der Waals surface area contributed by atoms with Crippen LogP contribution in [0.25, 0.3) is 10.8 Å². The van der Waals surface area contributed by atoms with Crippen LogP contribution < -0.4 is 11.3 Å². The van der Waals surface area contributed by atoms with Crippen molar-refractivity contribution >= 4 is 16.6 Å². The number of anilines is 1. The Labute approximate surface area is 119 Å². The highest BCUT2D eigenvalue weighted by atomic mass is 16.1. The Morgan fingerprint density at radius 2 is 1.75 bits per heavy atom. The number of aromatic nitrogens is 1. The van der Waals surface area contributed by atoms with Gasteiger partial charge in [0, 0.05) is 11.4 Å². The van der Waals surface area contributed by atoms with Gasteiger partial charge in [0.2, 0.25) is 0 Å². The Hall–Kier alpha value is -1.77. The number of nitrogen functional groups attached to an aromatic ring is 1. The molecule has 2 unspecified atom stereocenters. The van der Waals surface area contributed by atoms with Crippen molar-refractivity contribution < 1.29 is 0 Å². The molecule has 2 aromatic rings. The van der Waals surface area contributed by atoms with Crippen LogP contribution in [0.15, 0.2) is 35.1 Å². The minimum absolute atomic E-state index is 0.0619. The fraction of sp³-hybridized carbons (Fsp3) is 0.471. The summed E-state index contributed by atoms with van der Waals surface area (Å²) in [6.07, 6.45) is 3.35. The third kappa shape index (κ3) is 2.21. The highest BCUT2D eigenvalue weighted by Crippen LogP contribution is 2.36. The highest BCUT2D eigenvalue weighted by Gasteiger charge is 2.27. The van der Waals surface area contributed by atoms with Crippen molar-refractivity contribution in [2.75, 3.05) is 5.73 Å². The van der Waals surface area contributed by atoms with Crippen LogP contribution in [-0.4, -0.2) is 4.57 Å². The number of benzene rings is 1. The molecular formula is C17H22N2O. The van der Waals surface area contributed by atoms with E-state index < -0.39 is 0 Å². The molecule has 3 heteroatoms. The average Bonchev–Trinajstić information content (AvgIpc) is 2.37. The van der Waals surface area contributed by atoms with Gasteiger partial charge in [0.05, 0.1) is 0 Å². The molecule has 106 valence electrons. The van der Waals surface area contributed by atoms with Crippen molar-refractivity contribution in [1.82, 2.24) is 4.57 Å². The number of hydrogen-bond donors (Lipinski definition) is 1. The predicted molar refractivity (Wildman–Crippen MR) is 83.8 cm³/mol. The number of hydrogen-bond acceptors (Lipinski definition) is 2. The van der Waals surface area contributed by atoms with Crippen LogP contribution in [0, 0.1) is 11.8 Å². The molecule has 1 aromatic heterocycles. The van der Waals surface area contributed by atoms with Gasteiger partial charge in [0.1, 0.15) is 5.82 Å². The van der Waals surface area contributed by atoms with Crippen molar-refractivity contribution in [3.05, 3.63) is 40.7 Å². The molecule has 1 heterocycles.